The number of aromatic nitrogens is 3. The first-order valence-corrected chi connectivity index (χ1v) is 11.7. The average Bonchev–Trinajstić information content (AvgIpc) is 3.39. The molecule has 2 aromatic heterocycles. The molecule has 0 bridgehead atoms. The number of para-hydroxylation sites is 3. The topological polar surface area (TPSA) is 124 Å². The van der Waals surface area contributed by atoms with Crippen molar-refractivity contribution in [1.82, 2.24) is 24.3 Å². The van der Waals surface area contributed by atoms with E-state index in [9.17, 15) is 24.0 Å². The molecule has 36 heavy (non-hydrogen) atoms. The molecule has 2 fully saturated rings. The maximum Gasteiger partial charge on any atom is 0.329 e. The van der Waals surface area contributed by atoms with E-state index in [0.717, 1.165) is 16.4 Å². The number of imidazole rings is 1. The zero-order valence-electron chi connectivity index (χ0n) is 19.6. The van der Waals surface area contributed by atoms with E-state index in [1.165, 1.54) is 9.13 Å². The number of hydrogen-bond acceptors (Lipinski definition) is 5. The van der Waals surface area contributed by atoms with E-state index >= 15 is 0 Å². The molecule has 10 heteroatoms. The zero-order chi connectivity index (χ0) is 25.4. The summed E-state index contributed by atoms with van der Waals surface area (Å²) in [5.74, 6) is -1.07. The number of rotatable bonds is 2. The highest BCUT2D eigenvalue weighted by molar-refractivity contribution is 6.00. The standard InChI is InChI=1S/C13H13N3O3.C13H12N2O2/c1-15-8-4-2-3-5-9(8)16(13(15)19)10-6-7-11(17)14-12(10)18;16-12-6-5-11(13(17)14-12)15-8-7-9-3-1-2-4-10(9)15/h2-5,10H,6-7H2,1H3,(H,14,17,18);1-4,7-8,11H,5-6H2,(H,14,16,17). The number of benzene rings is 2. The first-order chi connectivity index (χ1) is 17.3. The van der Waals surface area contributed by atoms with Crippen molar-refractivity contribution in [3.63, 3.8) is 0 Å². The van der Waals surface area contributed by atoms with Gasteiger partial charge in [-0.15, -0.1) is 0 Å². The molecule has 2 saturated heterocycles. The predicted molar refractivity (Wildman–Crippen MR) is 132 cm³/mol. The molecule has 2 N–H and O–H groups in total. The lowest BCUT2D eigenvalue weighted by Gasteiger charge is -2.23. The quantitative estimate of drug-likeness (QED) is 0.418. The molecule has 2 aliphatic rings. The summed E-state index contributed by atoms with van der Waals surface area (Å²) >= 11 is 0. The van der Waals surface area contributed by atoms with Gasteiger partial charge in [0.15, 0.2) is 0 Å². The Morgan fingerprint density at radius 3 is 1.89 bits per heavy atom. The van der Waals surface area contributed by atoms with Crippen LogP contribution in [0.25, 0.3) is 21.9 Å². The fraction of sp³-hybridized carbons (Fsp3) is 0.269. The van der Waals surface area contributed by atoms with E-state index in [1.807, 2.05) is 59.3 Å². The lowest BCUT2D eigenvalue weighted by atomic mass is 10.1. The smallest absolute Gasteiger partial charge is 0.329 e. The maximum absolute atomic E-state index is 12.3. The molecule has 2 aromatic carbocycles. The Labute approximate surface area is 205 Å². The van der Waals surface area contributed by atoms with Crippen molar-refractivity contribution in [2.45, 2.75) is 37.8 Å². The number of amides is 4. The molecule has 6 rings (SSSR count). The molecular formula is C26H25N5O5. The highest BCUT2D eigenvalue weighted by Gasteiger charge is 2.31. The van der Waals surface area contributed by atoms with Crippen LogP contribution in [0.15, 0.2) is 65.6 Å². The minimum Gasteiger partial charge on any atom is -0.335 e. The number of nitrogens with one attached hydrogen (secondary N) is 2. The van der Waals surface area contributed by atoms with E-state index in [2.05, 4.69) is 10.6 Å². The van der Waals surface area contributed by atoms with Gasteiger partial charge in [0.1, 0.15) is 12.1 Å². The summed E-state index contributed by atoms with van der Waals surface area (Å²) < 4.78 is 4.92. The number of nitrogens with zero attached hydrogens (tertiary/aromatic N) is 3. The van der Waals surface area contributed by atoms with E-state index < -0.39 is 11.9 Å². The molecule has 4 aromatic rings. The van der Waals surface area contributed by atoms with Gasteiger partial charge >= 0.3 is 5.69 Å². The molecule has 0 saturated carbocycles. The second-order valence-corrected chi connectivity index (χ2v) is 8.92. The third-order valence-corrected chi connectivity index (χ3v) is 6.69. The molecule has 2 atom stereocenters. The number of aryl methyl sites for hydroxylation is 1. The zero-order valence-corrected chi connectivity index (χ0v) is 19.6. The fourth-order valence-electron chi connectivity index (χ4n) is 4.87. The Bertz CT molecular complexity index is 1580. The number of piperidine rings is 2. The number of fused-ring (bicyclic) bond motifs is 2. The molecule has 4 heterocycles. The number of carbonyl (C=O) groups is 4. The van der Waals surface area contributed by atoms with Gasteiger partial charge in [-0.25, -0.2) is 4.79 Å². The summed E-state index contributed by atoms with van der Waals surface area (Å²) in [6.07, 6.45) is 3.50. The SMILES string of the molecule is Cn1c(=O)n(C2CCC(=O)NC2=O)c2ccccc21.O=C1CCC(n2ccc3ccccc32)C(=O)N1. The second-order valence-electron chi connectivity index (χ2n) is 8.92. The van der Waals surface area contributed by atoms with Gasteiger partial charge < -0.3 is 4.57 Å². The van der Waals surface area contributed by atoms with Crippen molar-refractivity contribution in [3.8, 4) is 0 Å². The van der Waals surface area contributed by atoms with Crippen molar-refractivity contribution in [3.05, 3.63) is 71.3 Å². The number of hydrogen-bond donors (Lipinski definition) is 2. The summed E-state index contributed by atoms with van der Waals surface area (Å²) in [5, 5.41) is 5.77. The van der Waals surface area contributed by atoms with Gasteiger partial charge in [0.05, 0.1) is 11.0 Å². The van der Waals surface area contributed by atoms with E-state index in [4.69, 9.17) is 0 Å². The molecule has 0 aliphatic carbocycles. The molecule has 4 amide bonds. The van der Waals surface area contributed by atoms with Gasteiger partial charge in [0, 0.05) is 31.6 Å². The largest absolute Gasteiger partial charge is 0.335 e. The highest BCUT2D eigenvalue weighted by Crippen LogP contribution is 2.25. The predicted octanol–water partition coefficient (Wildman–Crippen LogP) is 1.94. The summed E-state index contributed by atoms with van der Waals surface area (Å²) in [7, 11) is 1.67. The summed E-state index contributed by atoms with van der Waals surface area (Å²) in [6.45, 7) is 0. The fourth-order valence-corrected chi connectivity index (χ4v) is 4.87. The van der Waals surface area contributed by atoms with Crippen molar-refractivity contribution in [1.29, 1.82) is 0 Å². The molecule has 2 aliphatic heterocycles. The van der Waals surface area contributed by atoms with Crippen LogP contribution >= 0.6 is 0 Å². The lowest BCUT2D eigenvalue weighted by Crippen LogP contribution is -2.44. The van der Waals surface area contributed by atoms with Gasteiger partial charge in [-0.05, 0) is 42.5 Å². The summed E-state index contributed by atoms with van der Waals surface area (Å²) in [6, 6.07) is 16.3. The molecule has 0 radical (unpaired) electrons. The minimum atomic E-state index is -0.615. The normalized spacial score (nSPS) is 20.1. The van der Waals surface area contributed by atoms with Gasteiger partial charge in [0.25, 0.3) is 0 Å². The Hall–Kier alpha value is -4.47. The van der Waals surface area contributed by atoms with Crippen molar-refractivity contribution in [2.75, 3.05) is 0 Å². The average molecular weight is 488 g/mol. The van der Waals surface area contributed by atoms with Gasteiger partial charge in [0.2, 0.25) is 23.6 Å². The molecule has 184 valence electrons. The van der Waals surface area contributed by atoms with E-state index in [0.29, 0.717) is 24.8 Å². The summed E-state index contributed by atoms with van der Waals surface area (Å²) in [4.78, 5) is 58.3. The third kappa shape index (κ3) is 4.10. The van der Waals surface area contributed by atoms with Gasteiger partial charge in [-0.1, -0.05) is 30.3 Å². The molecule has 2 unspecified atom stereocenters. The Morgan fingerprint density at radius 2 is 1.25 bits per heavy atom. The van der Waals surface area contributed by atoms with E-state index in [1.54, 1.807) is 13.1 Å². The maximum atomic E-state index is 12.3. The van der Waals surface area contributed by atoms with Crippen LogP contribution in [-0.2, 0) is 26.2 Å². The monoisotopic (exact) mass is 487 g/mol. The number of carbonyl (C=O) groups excluding carboxylic acids is 4. The van der Waals surface area contributed by atoms with Crippen LogP contribution in [0.4, 0.5) is 0 Å². The van der Waals surface area contributed by atoms with Crippen LogP contribution in [0.3, 0.4) is 0 Å². The first kappa shape index (κ1) is 23.3. The molecule has 0 spiro atoms. The van der Waals surface area contributed by atoms with E-state index in [-0.39, 0.29) is 35.9 Å². The third-order valence-electron chi connectivity index (χ3n) is 6.69. The van der Waals surface area contributed by atoms with Gasteiger partial charge in [-0.2, -0.15) is 0 Å². The second kappa shape index (κ2) is 9.29. The van der Waals surface area contributed by atoms with Crippen molar-refractivity contribution < 1.29 is 19.2 Å². The Kier molecular flexibility index (Phi) is 6.01. The van der Waals surface area contributed by atoms with Gasteiger partial charge in [-0.3, -0.25) is 38.9 Å². The summed E-state index contributed by atoms with van der Waals surface area (Å²) in [5.41, 5.74) is 2.28. The Balaban J connectivity index is 0.000000149. The molecular weight excluding hydrogens is 462 g/mol. The van der Waals surface area contributed by atoms with Crippen LogP contribution in [0.5, 0.6) is 0 Å². The van der Waals surface area contributed by atoms with Crippen LogP contribution in [0, 0.1) is 0 Å². The van der Waals surface area contributed by atoms with Crippen LogP contribution < -0.4 is 16.3 Å². The first-order valence-electron chi connectivity index (χ1n) is 11.7. The van der Waals surface area contributed by atoms with Crippen molar-refractivity contribution in [2.24, 2.45) is 7.05 Å². The van der Waals surface area contributed by atoms with Crippen LogP contribution in [0.1, 0.15) is 37.8 Å². The highest BCUT2D eigenvalue weighted by atomic mass is 16.2. The Morgan fingerprint density at radius 1 is 0.694 bits per heavy atom. The van der Waals surface area contributed by atoms with Crippen LogP contribution in [0.2, 0.25) is 0 Å². The van der Waals surface area contributed by atoms with Crippen LogP contribution in [-0.4, -0.2) is 37.3 Å². The number of imide groups is 2. The van der Waals surface area contributed by atoms with Crippen molar-refractivity contribution >= 4 is 45.6 Å². The molecule has 10 nitrogen and oxygen atoms in total. The lowest BCUT2D eigenvalue weighted by molar-refractivity contribution is -0.137. The minimum absolute atomic E-state index is 0.178.